The number of aliphatic imine (C=N–C) groups is 1. The van der Waals surface area contributed by atoms with E-state index in [4.69, 9.17) is 0 Å². The molecule has 0 aliphatic carbocycles. The first kappa shape index (κ1) is 28.7. The smallest absolute Gasteiger partial charge is 0.358 e. The molecule has 0 saturated carbocycles. The number of rotatable bonds is 4. The van der Waals surface area contributed by atoms with Crippen LogP contribution in [0.4, 0.5) is 26.3 Å². The normalized spacial score (nSPS) is 19.2. The summed E-state index contributed by atoms with van der Waals surface area (Å²) in [6.45, 7) is 1.07. The highest BCUT2D eigenvalue weighted by molar-refractivity contribution is 8.18. The maximum atomic E-state index is 13.6. The summed E-state index contributed by atoms with van der Waals surface area (Å²) in [7, 11) is 1.55. The third kappa shape index (κ3) is 6.10. The van der Waals surface area contributed by atoms with Crippen LogP contribution in [0.15, 0.2) is 52.5 Å². The summed E-state index contributed by atoms with van der Waals surface area (Å²) in [5.41, 5.74) is -2.03. The van der Waals surface area contributed by atoms with Crippen LogP contribution < -0.4 is 10.6 Å². The summed E-state index contributed by atoms with van der Waals surface area (Å²) < 4.78 is 81.1. The van der Waals surface area contributed by atoms with Crippen molar-refractivity contribution in [1.82, 2.24) is 25.3 Å². The Labute approximate surface area is 233 Å². The van der Waals surface area contributed by atoms with Crippen molar-refractivity contribution < 1.29 is 35.9 Å². The maximum absolute atomic E-state index is 13.6. The summed E-state index contributed by atoms with van der Waals surface area (Å²) >= 11 is 1.18. The minimum Gasteiger partial charge on any atom is -0.358 e. The lowest BCUT2D eigenvalue weighted by Crippen LogP contribution is -2.57. The number of carbonyl (C=O) groups excluding carboxylic acids is 2. The average molecular weight is 597 g/mol. The van der Waals surface area contributed by atoms with Gasteiger partial charge in [0.05, 0.1) is 34.3 Å². The second kappa shape index (κ2) is 10.9. The Morgan fingerprint density at radius 1 is 1.15 bits per heavy atom. The largest absolute Gasteiger partial charge is 0.416 e. The Morgan fingerprint density at radius 3 is 2.63 bits per heavy atom. The van der Waals surface area contributed by atoms with Crippen LogP contribution in [0, 0.1) is 0 Å². The lowest BCUT2D eigenvalue weighted by Gasteiger charge is -2.33. The lowest BCUT2D eigenvalue weighted by atomic mass is 10.0. The van der Waals surface area contributed by atoms with E-state index in [1.165, 1.54) is 22.6 Å². The third-order valence-electron chi connectivity index (χ3n) is 6.64. The van der Waals surface area contributed by atoms with Gasteiger partial charge in [0.15, 0.2) is 5.17 Å². The number of hydrogen-bond acceptors (Lipinski definition) is 6. The van der Waals surface area contributed by atoms with E-state index in [-0.39, 0.29) is 17.5 Å². The first-order valence-corrected chi connectivity index (χ1v) is 13.1. The van der Waals surface area contributed by atoms with Gasteiger partial charge in [0, 0.05) is 32.1 Å². The third-order valence-corrected chi connectivity index (χ3v) is 7.69. The van der Waals surface area contributed by atoms with Gasteiger partial charge in [0.2, 0.25) is 5.91 Å². The fourth-order valence-electron chi connectivity index (χ4n) is 4.60. The number of amides is 2. The quantitative estimate of drug-likeness (QED) is 0.348. The molecule has 3 heterocycles. The molecule has 1 saturated heterocycles. The van der Waals surface area contributed by atoms with Gasteiger partial charge >= 0.3 is 12.4 Å². The number of benzene rings is 2. The molecule has 8 nitrogen and oxygen atoms in total. The number of halogens is 6. The van der Waals surface area contributed by atoms with E-state index in [0.29, 0.717) is 52.2 Å². The summed E-state index contributed by atoms with van der Waals surface area (Å²) in [5, 5.41) is 10.9. The molecule has 2 amide bonds. The molecule has 2 aliphatic heterocycles. The van der Waals surface area contributed by atoms with E-state index in [9.17, 15) is 35.9 Å². The minimum absolute atomic E-state index is 0.108. The molecule has 41 heavy (non-hydrogen) atoms. The molecule has 0 bridgehead atoms. The Morgan fingerprint density at radius 2 is 1.93 bits per heavy atom. The molecular formula is C26H22F6N6O2S. The first-order valence-electron chi connectivity index (χ1n) is 12.3. The molecule has 1 aromatic heterocycles. The zero-order valence-electron chi connectivity index (χ0n) is 21.3. The van der Waals surface area contributed by atoms with Gasteiger partial charge in [0.1, 0.15) is 6.04 Å². The Kier molecular flexibility index (Phi) is 7.59. The van der Waals surface area contributed by atoms with Crippen LogP contribution in [0.1, 0.15) is 22.3 Å². The predicted octanol–water partition coefficient (Wildman–Crippen LogP) is 4.11. The number of likely N-dealkylation sites (N-methyl/N-ethyl adjacent to an activating group) is 1. The van der Waals surface area contributed by atoms with Gasteiger partial charge in [-0.05, 0) is 53.2 Å². The fraction of sp³-hybridized carbons (Fsp3) is 0.308. The van der Waals surface area contributed by atoms with E-state index < -0.39 is 42.0 Å². The number of hydrogen-bond donors (Lipinski definition) is 2. The number of piperazine rings is 1. The molecule has 3 aromatic rings. The van der Waals surface area contributed by atoms with E-state index in [0.717, 1.165) is 6.07 Å². The summed E-state index contributed by atoms with van der Waals surface area (Å²) in [6, 6.07) is 6.07. The van der Waals surface area contributed by atoms with Gasteiger partial charge in [-0.25, -0.2) is 0 Å². The summed E-state index contributed by atoms with van der Waals surface area (Å²) in [5.74, 6) is -0.597. The molecule has 0 spiro atoms. The number of nitrogens with one attached hydrogen (secondary N) is 2. The van der Waals surface area contributed by atoms with Crippen molar-refractivity contribution in [1.29, 1.82) is 0 Å². The van der Waals surface area contributed by atoms with Gasteiger partial charge in [-0.15, -0.1) is 0 Å². The fourth-order valence-corrected chi connectivity index (χ4v) is 5.54. The zero-order chi connectivity index (χ0) is 29.5. The van der Waals surface area contributed by atoms with Crippen molar-refractivity contribution in [2.45, 2.75) is 24.9 Å². The monoisotopic (exact) mass is 596 g/mol. The number of aromatic nitrogens is 2. The molecule has 2 aliphatic rings. The molecule has 0 unspecified atom stereocenters. The van der Waals surface area contributed by atoms with Crippen molar-refractivity contribution in [3.8, 4) is 0 Å². The molecule has 2 N–H and O–H groups in total. The van der Waals surface area contributed by atoms with E-state index >= 15 is 0 Å². The molecule has 0 radical (unpaired) electrons. The number of alkyl halides is 6. The first-order chi connectivity index (χ1) is 19.3. The summed E-state index contributed by atoms with van der Waals surface area (Å²) in [6.07, 6.45) is -6.83. The van der Waals surface area contributed by atoms with Crippen molar-refractivity contribution in [3.63, 3.8) is 0 Å². The van der Waals surface area contributed by atoms with Gasteiger partial charge in [-0.2, -0.15) is 36.4 Å². The number of fused-ring (bicyclic) bond motifs is 1. The molecule has 15 heteroatoms. The van der Waals surface area contributed by atoms with E-state index in [2.05, 4.69) is 20.7 Å². The van der Waals surface area contributed by atoms with Crippen LogP contribution in [0.5, 0.6) is 0 Å². The highest BCUT2D eigenvalue weighted by Crippen LogP contribution is 2.38. The van der Waals surface area contributed by atoms with Gasteiger partial charge < -0.3 is 15.5 Å². The molecule has 5 rings (SSSR count). The van der Waals surface area contributed by atoms with Crippen LogP contribution in [-0.4, -0.2) is 64.4 Å². The van der Waals surface area contributed by atoms with Crippen LogP contribution in [-0.2, 0) is 28.5 Å². The Balaban J connectivity index is 1.35. The maximum Gasteiger partial charge on any atom is 0.416 e. The predicted molar refractivity (Wildman–Crippen MR) is 141 cm³/mol. The van der Waals surface area contributed by atoms with Crippen LogP contribution in [0.25, 0.3) is 17.0 Å². The summed E-state index contributed by atoms with van der Waals surface area (Å²) in [4.78, 5) is 31.0. The number of nitrogens with zero attached hydrogens (tertiary/aromatic N) is 4. The van der Waals surface area contributed by atoms with Gasteiger partial charge in [-0.3, -0.25) is 14.3 Å². The second-order valence-electron chi connectivity index (χ2n) is 9.37. The molecule has 1 fully saturated rings. The van der Waals surface area contributed by atoms with Crippen molar-refractivity contribution in [3.05, 3.63) is 69.8 Å². The van der Waals surface area contributed by atoms with E-state index in [1.807, 2.05) is 4.90 Å². The van der Waals surface area contributed by atoms with E-state index in [1.54, 1.807) is 31.3 Å². The van der Waals surface area contributed by atoms with Gasteiger partial charge in [0.25, 0.3) is 5.91 Å². The van der Waals surface area contributed by atoms with Crippen LogP contribution in [0.2, 0.25) is 0 Å². The zero-order valence-corrected chi connectivity index (χ0v) is 22.1. The molecule has 216 valence electrons. The standard InChI is InChI=1S/C26H22F6N6O2S/c1-33-22(39)19-13-37(7-6-34-19)24-36-23(40)21(41-24)9-14-2-5-20-16(8-14)11-35-38(20)12-15-3-4-17(25(27,28)29)10-18(15)26(30,31)32/h2-5,8-11,19,34H,6-7,12-13H2,1H3,(H,33,39)/b21-9-/t19-/m1/s1. The van der Waals surface area contributed by atoms with Crippen LogP contribution >= 0.6 is 11.8 Å². The van der Waals surface area contributed by atoms with Crippen LogP contribution in [0.3, 0.4) is 0 Å². The molecule has 2 aromatic carbocycles. The highest BCUT2D eigenvalue weighted by atomic mass is 32.2. The Hall–Kier alpha value is -3.85. The van der Waals surface area contributed by atoms with Crippen molar-refractivity contribution in [2.24, 2.45) is 4.99 Å². The number of amidine groups is 1. The van der Waals surface area contributed by atoms with Crippen molar-refractivity contribution >= 4 is 45.7 Å². The molecule has 1 atom stereocenters. The lowest BCUT2D eigenvalue weighted by molar-refractivity contribution is -0.143. The average Bonchev–Trinajstić information content (AvgIpc) is 3.49. The minimum atomic E-state index is -4.99. The van der Waals surface area contributed by atoms with Crippen molar-refractivity contribution in [2.75, 3.05) is 26.7 Å². The second-order valence-corrected chi connectivity index (χ2v) is 10.4. The number of thioether (sulfide) groups is 1. The van der Waals surface area contributed by atoms with Gasteiger partial charge in [-0.1, -0.05) is 12.1 Å². The highest BCUT2D eigenvalue weighted by Gasteiger charge is 2.38. The Bertz CT molecular complexity index is 1580. The number of carbonyl (C=O) groups is 2. The molecular weight excluding hydrogens is 574 g/mol. The topological polar surface area (TPSA) is 91.6 Å². The SMILES string of the molecule is CNC(=O)[C@H]1CN(C2=NC(=O)/C(=C/c3ccc4c(cnn4Cc4ccc(C(F)(F)F)cc4C(F)(F)F)c3)S2)CCN1.